The third-order valence-corrected chi connectivity index (χ3v) is 5.48. The lowest BCUT2D eigenvalue weighted by molar-refractivity contribution is 0.306. The van der Waals surface area contributed by atoms with Crippen LogP contribution in [0.25, 0.3) is 5.70 Å². The maximum Gasteiger partial charge on any atom is 0.248 e. The van der Waals surface area contributed by atoms with Crippen LogP contribution in [0.5, 0.6) is 5.75 Å². The van der Waals surface area contributed by atoms with Crippen molar-refractivity contribution in [1.82, 2.24) is 20.2 Å². The number of benzene rings is 3. The minimum absolute atomic E-state index is 0.113. The topological polar surface area (TPSA) is 64.9 Å². The molecule has 148 valence electrons. The van der Waals surface area contributed by atoms with Crippen LogP contribution in [0.4, 0.5) is 5.95 Å². The number of nitrogens with zero attached hydrogens (tertiary/aromatic N) is 4. The van der Waals surface area contributed by atoms with E-state index in [1.807, 2.05) is 42.5 Å². The van der Waals surface area contributed by atoms with Crippen molar-refractivity contribution in [2.45, 2.75) is 12.6 Å². The van der Waals surface area contributed by atoms with Crippen LogP contribution >= 0.6 is 15.9 Å². The Bertz CT molecular complexity index is 1170. The van der Waals surface area contributed by atoms with Crippen LogP contribution in [0.2, 0.25) is 0 Å². The number of aromatic nitrogens is 4. The molecule has 1 aliphatic heterocycles. The van der Waals surface area contributed by atoms with E-state index < -0.39 is 0 Å². The number of hydrogen-bond donors (Lipinski definition) is 1. The molecule has 0 saturated heterocycles. The summed E-state index contributed by atoms with van der Waals surface area (Å²) in [7, 11) is 0. The van der Waals surface area contributed by atoms with Crippen LogP contribution in [-0.4, -0.2) is 20.2 Å². The van der Waals surface area contributed by atoms with E-state index in [1.165, 1.54) is 0 Å². The Morgan fingerprint density at radius 1 is 0.933 bits per heavy atom. The number of allylic oxidation sites excluding steroid dienone is 1. The Kier molecular flexibility index (Phi) is 5.03. The second-order valence-corrected chi connectivity index (χ2v) is 7.86. The molecule has 30 heavy (non-hydrogen) atoms. The van der Waals surface area contributed by atoms with Gasteiger partial charge < -0.3 is 10.1 Å². The molecule has 0 fully saturated rings. The average Bonchev–Trinajstić information content (AvgIpc) is 3.27. The van der Waals surface area contributed by atoms with Crippen molar-refractivity contribution in [3.05, 3.63) is 106 Å². The number of ether oxygens (including phenoxy) is 1. The van der Waals surface area contributed by atoms with Gasteiger partial charge in [-0.25, -0.2) is 0 Å². The molecule has 0 unspecified atom stereocenters. The lowest BCUT2D eigenvalue weighted by Gasteiger charge is -2.23. The molecule has 1 aromatic heterocycles. The molecule has 1 atom stereocenters. The first-order chi connectivity index (χ1) is 14.8. The number of halogens is 1. The third kappa shape index (κ3) is 3.84. The largest absolute Gasteiger partial charge is 0.489 e. The minimum Gasteiger partial charge on any atom is -0.489 e. The zero-order chi connectivity index (χ0) is 20.3. The normalized spacial score (nSPS) is 15.1. The fourth-order valence-corrected chi connectivity index (χ4v) is 3.66. The molecular weight excluding hydrogens is 442 g/mol. The predicted molar refractivity (Wildman–Crippen MR) is 119 cm³/mol. The summed E-state index contributed by atoms with van der Waals surface area (Å²) < 4.78 is 8.73. The van der Waals surface area contributed by atoms with Gasteiger partial charge in [0.05, 0.1) is 0 Å². The molecular formula is C23H18BrN5O. The van der Waals surface area contributed by atoms with Gasteiger partial charge in [0.1, 0.15) is 18.4 Å². The van der Waals surface area contributed by atoms with E-state index in [4.69, 9.17) is 4.74 Å². The molecule has 0 saturated carbocycles. The summed E-state index contributed by atoms with van der Waals surface area (Å²) in [6, 6.07) is 26.2. The Balaban J connectivity index is 1.40. The molecule has 6 nitrogen and oxygen atoms in total. The molecule has 0 amide bonds. The van der Waals surface area contributed by atoms with E-state index >= 15 is 0 Å². The Labute approximate surface area is 182 Å². The van der Waals surface area contributed by atoms with E-state index in [9.17, 15) is 0 Å². The Morgan fingerprint density at radius 2 is 1.70 bits per heavy atom. The summed E-state index contributed by atoms with van der Waals surface area (Å²) in [5, 5.41) is 15.4. The smallest absolute Gasteiger partial charge is 0.248 e. The summed E-state index contributed by atoms with van der Waals surface area (Å²) in [6.45, 7) is 0.540. The maximum atomic E-state index is 5.91. The fourth-order valence-electron chi connectivity index (χ4n) is 3.39. The first-order valence-electron chi connectivity index (χ1n) is 9.55. The molecule has 1 aliphatic rings. The van der Waals surface area contributed by atoms with Crippen molar-refractivity contribution in [3.63, 3.8) is 0 Å². The Morgan fingerprint density at radius 3 is 2.47 bits per heavy atom. The molecule has 5 rings (SSSR count). The number of hydrogen-bond acceptors (Lipinski definition) is 5. The quantitative estimate of drug-likeness (QED) is 0.451. The molecule has 1 N–H and O–H groups in total. The monoisotopic (exact) mass is 459 g/mol. The first kappa shape index (κ1) is 18.6. The SMILES string of the molecule is Brc1ccc(C2=C[C@H](c3ccc(OCc4ccccc4)cc3)n3nnnc3N2)cc1. The highest BCUT2D eigenvalue weighted by molar-refractivity contribution is 9.10. The van der Waals surface area contributed by atoms with E-state index in [0.717, 1.165) is 32.6 Å². The van der Waals surface area contributed by atoms with Crippen molar-refractivity contribution in [2.75, 3.05) is 5.32 Å². The zero-order valence-electron chi connectivity index (χ0n) is 15.9. The third-order valence-electron chi connectivity index (χ3n) is 4.95. The summed E-state index contributed by atoms with van der Waals surface area (Å²) in [6.07, 6.45) is 2.13. The molecule has 0 bridgehead atoms. The van der Waals surface area contributed by atoms with Gasteiger partial charge in [-0.1, -0.05) is 75.6 Å². The van der Waals surface area contributed by atoms with Gasteiger partial charge in [0, 0.05) is 10.2 Å². The van der Waals surface area contributed by atoms with Crippen LogP contribution in [-0.2, 0) is 6.61 Å². The number of rotatable bonds is 5. The fraction of sp³-hybridized carbons (Fsp3) is 0.0870. The van der Waals surface area contributed by atoms with Gasteiger partial charge in [0.25, 0.3) is 0 Å². The van der Waals surface area contributed by atoms with Gasteiger partial charge in [-0.15, -0.1) is 0 Å². The van der Waals surface area contributed by atoms with Crippen molar-refractivity contribution in [3.8, 4) is 5.75 Å². The van der Waals surface area contributed by atoms with Crippen LogP contribution < -0.4 is 10.1 Å². The standard InChI is InChI=1S/C23H18BrN5O/c24-19-10-6-17(7-11-19)21-14-22(29-23(25-21)26-27-28-29)18-8-12-20(13-9-18)30-15-16-4-2-1-3-5-16/h1-14,22H,15H2,(H,25,26,28)/t22-/m1/s1. The lowest BCUT2D eigenvalue weighted by atomic mass is 10.0. The molecule has 0 aliphatic carbocycles. The van der Waals surface area contributed by atoms with Crippen LogP contribution in [0, 0.1) is 0 Å². The van der Waals surface area contributed by atoms with E-state index in [2.05, 4.69) is 79.2 Å². The van der Waals surface area contributed by atoms with E-state index in [-0.39, 0.29) is 6.04 Å². The van der Waals surface area contributed by atoms with Crippen molar-refractivity contribution >= 4 is 27.6 Å². The van der Waals surface area contributed by atoms with E-state index in [0.29, 0.717) is 12.6 Å². The highest BCUT2D eigenvalue weighted by Gasteiger charge is 2.24. The van der Waals surface area contributed by atoms with Gasteiger partial charge in [-0.3, -0.25) is 0 Å². The van der Waals surface area contributed by atoms with Crippen LogP contribution in [0.15, 0.2) is 89.4 Å². The van der Waals surface area contributed by atoms with Gasteiger partial charge in [-0.05, 0) is 57.5 Å². The van der Waals surface area contributed by atoms with Gasteiger partial charge >= 0.3 is 0 Å². The van der Waals surface area contributed by atoms with Crippen molar-refractivity contribution < 1.29 is 4.74 Å². The molecule has 0 radical (unpaired) electrons. The van der Waals surface area contributed by atoms with Gasteiger partial charge in [0.2, 0.25) is 5.95 Å². The van der Waals surface area contributed by atoms with Crippen LogP contribution in [0.1, 0.15) is 22.7 Å². The lowest BCUT2D eigenvalue weighted by Crippen LogP contribution is -2.20. The number of anilines is 1. The number of nitrogens with one attached hydrogen (secondary N) is 1. The number of fused-ring (bicyclic) bond motifs is 1. The Hall–Kier alpha value is -3.45. The van der Waals surface area contributed by atoms with Crippen LogP contribution in [0.3, 0.4) is 0 Å². The summed E-state index contributed by atoms with van der Waals surface area (Å²) in [5.74, 6) is 1.44. The summed E-state index contributed by atoms with van der Waals surface area (Å²) >= 11 is 3.48. The number of tetrazole rings is 1. The van der Waals surface area contributed by atoms with Gasteiger partial charge in [0.15, 0.2) is 0 Å². The zero-order valence-corrected chi connectivity index (χ0v) is 17.5. The average molecular weight is 460 g/mol. The molecule has 2 heterocycles. The molecule has 7 heteroatoms. The molecule has 4 aromatic rings. The molecule has 3 aromatic carbocycles. The summed E-state index contributed by atoms with van der Waals surface area (Å²) in [5.41, 5.74) is 4.26. The second-order valence-electron chi connectivity index (χ2n) is 6.95. The van der Waals surface area contributed by atoms with E-state index in [1.54, 1.807) is 4.68 Å². The summed E-state index contributed by atoms with van der Waals surface area (Å²) in [4.78, 5) is 0. The van der Waals surface area contributed by atoms with Gasteiger partial charge in [-0.2, -0.15) is 4.68 Å². The van der Waals surface area contributed by atoms with Crippen molar-refractivity contribution in [1.29, 1.82) is 0 Å². The minimum atomic E-state index is -0.113. The molecule has 0 spiro atoms. The van der Waals surface area contributed by atoms with Crippen molar-refractivity contribution in [2.24, 2.45) is 0 Å². The first-order valence-corrected chi connectivity index (χ1v) is 10.3. The highest BCUT2D eigenvalue weighted by Crippen LogP contribution is 2.32. The maximum absolute atomic E-state index is 5.91. The highest BCUT2D eigenvalue weighted by atomic mass is 79.9. The predicted octanol–water partition coefficient (Wildman–Crippen LogP) is 5.07. The second kappa shape index (κ2) is 8.12.